The van der Waals surface area contributed by atoms with Gasteiger partial charge >= 0.3 is 6.09 Å². The molecule has 3 aromatic rings. The third-order valence-corrected chi connectivity index (χ3v) is 11.3. The summed E-state index contributed by atoms with van der Waals surface area (Å²) < 4.78 is 11.1. The maximum Gasteiger partial charge on any atom is 0.405 e. The molecule has 2 aliphatic carbocycles. The molecule has 0 radical (unpaired) electrons. The molecule has 3 aromatic carbocycles. The SMILES string of the molecule is Cc1cc(Oc2ccccc2)ccc1C1(N)C(=O)C(N)C2c3c1ccc(N)c3SC2C(=O)N[C@@H]1CC[C@H](NC(=O)C(OC(N)=O)C(C)(C)C)C1. The zero-order valence-electron chi connectivity index (χ0n) is 28.5. The maximum absolute atomic E-state index is 14.3. The number of carbonyl (C=O) groups is 4. The van der Waals surface area contributed by atoms with Crippen LogP contribution in [0, 0.1) is 12.3 Å². The van der Waals surface area contributed by atoms with Crippen LogP contribution in [0.2, 0.25) is 0 Å². The number of nitrogen functional groups attached to an aromatic ring is 1. The molecule has 0 aromatic heterocycles. The summed E-state index contributed by atoms with van der Waals surface area (Å²) in [5, 5.41) is 5.36. The Morgan fingerprint density at radius 2 is 1.62 bits per heavy atom. The molecule has 3 aliphatic rings. The van der Waals surface area contributed by atoms with Gasteiger partial charge in [-0.25, -0.2) is 4.79 Å². The lowest BCUT2D eigenvalue weighted by Crippen LogP contribution is -2.60. The first kappa shape index (κ1) is 35.2. The summed E-state index contributed by atoms with van der Waals surface area (Å²) >= 11 is 1.30. The number of anilines is 1. The van der Waals surface area contributed by atoms with Crippen molar-refractivity contribution in [3.05, 3.63) is 82.9 Å². The first-order valence-electron chi connectivity index (χ1n) is 16.7. The Bertz CT molecular complexity index is 1850. The van der Waals surface area contributed by atoms with Crippen LogP contribution in [0.3, 0.4) is 0 Å². The van der Waals surface area contributed by atoms with Gasteiger partial charge in [0.1, 0.15) is 17.0 Å². The smallest absolute Gasteiger partial charge is 0.405 e. The zero-order chi connectivity index (χ0) is 36.1. The van der Waals surface area contributed by atoms with E-state index in [4.69, 9.17) is 32.4 Å². The lowest BCUT2D eigenvalue weighted by Gasteiger charge is -2.42. The maximum atomic E-state index is 14.3. The summed E-state index contributed by atoms with van der Waals surface area (Å²) in [6.45, 7) is 7.21. The first-order chi connectivity index (χ1) is 23.6. The van der Waals surface area contributed by atoms with Crippen molar-refractivity contribution in [1.29, 1.82) is 0 Å². The van der Waals surface area contributed by atoms with Crippen LogP contribution in [0.1, 0.15) is 68.2 Å². The molecule has 12 nitrogen and oxygen atoms in total. The highest BCUT2D eigenvalue weighted by Gasteiger charge is 2.57. The fourth-order valence-electron chi connectivity index (χ4n) is 7.51. The quantitative estimate of drug-likeness (QED) is 0.187. The fraction of sp³-hybridized carbons (Fsp3) is 0.405. The van der Waals surface area contributed by atoms with Crippen molar-refractivity contribution in [1.82, 2.24) is 10.6 Å². The van der Waals surface area contributed by atoms with Crippen LogP contribution in [0.4, 0.5) is 10.5 Å². The van der Waals surface area contributed by atoms with E-state index in [2.05, 4.69) is 10.6 Å². The van der Waals surface area contributed by atoms with Crippen LogP contribution in [0.5, 0.6) is 11.5 Å². The summed E-state index contributed by atoms with van der Waals surface area (Å²) in [7, 11) is 0. The highest BCUT2D eigenvalue weighted by Crippen LogP contribution is 2.56. The van der Waals surface area contributed by atoms with Gasteiger partial charge in [0.25, 0.3) is 5.91 Å². The van der Waals surface area contributed by atoms with Gasteiger partial charge in [-0.1, -0.05) is 51.1 Å². The van der Waals surface area contributed by atoms with Crippen LogP contribution in [-0.4, -0.2) is 53.2 Å². The minimum Gasteiger partial charge on any atom is -0.457 e. The summed E-state index contributed by atoms with van der Waals surface area (Å²) in [6.07, 6.45) is -0.372. The average molecular weight is 701 g/mol. The van der Waals surface area contributed by atoms with Gasteiger partial charge in [-0.3, -0.25) is 14.4 Å². The molecule has 1 fully saturated rings. The number of carbonyl (C=O) groups excluding carboxylic acids is 4. The second kappa shape index (κ2) is 13.3. The normalized spacial score (nSPS) is 26.1. The van der Waals surface area contributed by atoms with Gasteiger partial charge < -0.3 is 43.0 Å². The second-order valence-corrected chi connectivity index (χ2v) is 15.7. The van der Waals surface area contributed by atoms with Gasteiger partial charge in [0.15, 0.2) is 11.9 Å². The third-order valence-electron chi connectivity index (χ3n) is 9.88. The van der Waals surface area contributed by atoms with Gasteiger partial charge in [0, 0.05) is 34.0 Å². The second-order valence-electron chi connectivity index (χ2n) is 14.5. The molecular weight excluding hydrogens is 657 g/mol. The number of primary amides is 1. The lowest BCUT2D eigenvalue weighted by atomic mass is 9.64. The number of aryl methyl sites for hydroxylation is 1. The monoisotopic (exact) mass is 700 g/mol. The first-order valence-corrected chi connectivity index (χ1v) is 17.6. The van der Waals surface area contributed by atoms with Crippen molar-refractivity contribution in [2.75, 3.05) is 5.73 Å². The number of para-hydroxylation sites is 1. The fourth-order valence-corrected chi connectivity index (χ4v) is 8.96. The van der Waals surface area contributed by atoms with E-state index in [0.29, 0.717) is 52.5 Å². The number of nitrogens with one attached hydrogen (secondary N) is 2. The number of amides is 3. The molecule has 6 rings (SSSR count). The molecule has 3 amide bonds. The number of ketones is 1. The van der Waals surface area contributed by atoms with Crippen molar-refractivity contribution < 1.29 is 28.7 Å². The largest absolute Gasteiger partial charge is 0.457 e. The van der Waals surface area contributed by atoms with Crippen molar-refractivity contribution in [3.63, 3.8) is 0 Å². The topological polar surface area (TPSA) is 215 Å². The van der Waals surface area contributed by atoms with Crippen molar-refractivity contribution in [2.45, 2.75) is 92.8 Å². The molecule has 10 N–H and O–H groups in total. The minimum atomic E-state index is -1.57. The number of nitrogens with two attached hydrogens (primary N) is 4. The summed E-state index contributed by atoms with van der Waals surface area (Å²) in [5.41, 5.74) is 26.5. The molecular formula is C37H44N6O6S. The Balaban J connectivity index is 1.21. The molecule has 13 heteroatoms. The molecule has 1 heterocycles. The molecule has 50 heavy (non-hydrogen) atoms. The number of thioether (sulfide) groups is 1. The Morgan fingerprint density at radius 1 is 0.960 bits per heavy atom. The molecule has 0 spiro atoms. The van der Waals surface area contributed by atoms with Crippen molar-refractivity contribution in [2.24, 2.45) is 22.6 Å². The van der Waals surface area contributed by atoms with Crippen LogP contribution in [0.25, 0.3) is 0 Å². The Kier molecular flexibility index (Phi) is 9.35. The summed E-state index contributed by atoms with van der Waals surface area (Å²) in [4.78, 5) is 53.4. The van der Waals surface area contributed by atoms with Crippen LogP contribution >= 0.6 is 11.8 Å². The van der Waals surface area contributed by atoms with Gasteiger partial charge in [-0.15, -0.1) is 11.8 Å². The van der Waals surface area contributed by atoms with Gasteiger partial charge in [-0.2, -0.15) is 0 Å². The number of rotatable bonds is 8. The Labute approximate surface area is 295 Å². The molecule has 7 atom stereocenters. The van der Waals surface area contributed by atoms with Gasteiger partial charge in [0.05, 0.1) is 11.3 Å². The van der Waals surface area contributed by atoms with Crippen LogP contribution in [-0.2, 0) is 24.7 Å². The van der Waals surface area contributed by atoms with E-state index >= 15 is 0 Å². The Morgan fingerprint density at radius 3 is 2.26 bits per heavy atom. The number of ether oxygens (including phenoxy) is 2. The summed E-state index contributed by atoms with van der Waals surface area (Å²) in [5.74, 6) is -0.461. The van der Waals surface area contributed by atoms with Gasteiger partial charge in [0.2, 0.25) is 5.91 Å². The highest BCUT2D eigenvalue weighted by molar-refractivity contribution is 8.01. The van der Waals surface area contributed by atoms with E-state index in [9.17, 15) is 19.2 Å². The summed E-state index contributed by atoms with van der Waals surface area (Å²) in [6, 6.07) is 16.8. The predicted octanol–water partition coefficient (Wildman–Crippen LogP) is 3.70. The lowest BCUT2D eigenvalue weighted by molar-refractivity contribution is -0.135. The predicted molar refractivity (Wildman–Crippen MR) is 191 cm³/mol. The minimum absolute atomic E-state index is 0.234. The standard InChI is InChI=1S/C37H44N6O6S/c1-18-16-22(48-21-8-6-5-7-9-21)12-13-23(18)37(41)24-14-15-25(38)29-26(24)27(28(39)31(37)44)30(50-29)33(45)42-19-10-11-20(17-19)43-34(46)32(36(2,3)4)49-35(40)47/h5-9,12-16,19-20,27-28,30,32H,10-11,17,38-39,41H2,1-4H3,(H2,40,47)(H,42,45)(H,43,46)/t19-,20+,27?,28?,30?,32?,37?/m1/s1. The molecule has 0 bridgehead atoms. The van der Waals surface area contributed by atoms with Crippen molar-refractivity contribution in [3.8, 4) is 11.5 Å². The number of Topliss-reactive ketones (excluding diaryl/α,β-unsaturated/α-hetero) is 1. The molecule has 0 saturated heterocycles. The van der Waals surface area contributed by atoms with Crippen LogP contribution < -0.4 is 38.3 Å². The third kappa shape index (κ3) is 6.40. The van der Waals surface area contributed by atoms with E-state index in [0.717, 1.165) is 11.1 Å². The Hall–Kier alpha value is -4.59. The van der Waals surface area contributed by atoms with Crippen LogP contribution in [0.15, 0.2) is 65.6 Å². The average Bonchev–Trinajstić information content (AvgIpc) is 3.67. The van der Waals surface area contributed by atoms with E-state index in [1.807, 2.05) is 43.3 Å². The number of hydrogen-bond acceptors (Lipinski definition) is 10. The zero-order valence-corrected chi connectivity index (χ0v) is 29.3. The highest BCUT2D eigenvalue weighted by atomic mass is 32.2. The number of hydrogen-bond donors (Lipinski definition) is 6. The van der Waals surface area contributed by atoms with E-state index in [-0.39, 0.29) is 23.8 Å². The van der Waals surface area contributed by atoms with Crippen molar-refractivity contribution >= 4 is 41.1 Å². The van der Waals surface area contributed by atoms with E-state index in [1.165, 1.54) is 11.8 Å². The molecule has 264 valence electrons. The van der Waals surface area contributed by atoms with Gasteiger partial charge in [-0.05, 0) is 78.8 Å². The van der Waals surface area contributed by atoms with E-state index in [1.54, 1.807) is 45.0 Å². The molecule has 1 saturated carbocycles. The number of benzene rings is 3. The molecule has 1 aliphatic heterocycles. The molecule has 5 unspecified atom stereocenters. The van der Waals surface area contributed by atoms with E-state index < -0.39 is 46.3 Å².